The van der Waals surface area contributed by atoms with Gasteiger partial charge in [-0.1, -0.05) is 48.9 Å². The maximum absolute atomic E-state index is 13.6. The Hall–Kier alpha value is -3.69. The zero-order valence-electron chi connectivity index (χ0n) is 21.4. The van der Waals surface area contributed by atoms with E-state index in [1.807, 2.05) is 42.2 Å². The summed E-state index contributed by atoms with van der Waals surface area (Å²) in [4.78, 5) is 45.5. The van der Waals surface area contributed by atoms with Gasteiger partial charge in [0, 0.05) is 25.0 Å². The minimum absolute atomic E-state index is 0.0755. The Morgan fingerprint density at radius 1 is 1.16 bits per heavy atom. The SMILES string of the molecule is CCCN(C(=O)c1cc(C(=O)OCc2ccccc2)n(CC(=O)Nc2ccc(Cl)cn2)c1)C1CCNCC1. The van der Waals surface area contributed by atoms with Crippen molar-refractivity contribution in [3.8, 4) is 0 Å². The average Bonchev–Trinajstić information content (AvgIpc) is 3.36. The highest BCUT2D eigenvalue weighted by Gasteiger charge is 2.28. The van der Waals surface area contributed by atoms with E-state index in [1.165, 1.54) is 16.8 Å². The number of nitrogens with one attached hydrogen (secondary N) is 2. The number of esters is 1. The van der Waals surface area contributed by atoms with Gasteiger partial charge in [0.2, 0.25) is 5.91 Å². The lowest BCUT2D eigenvalue weighted by Gasteiger charge is -2.34. The van der Waals surface area contributed by atoms with Gasteiger partial charge in [-0.05, 0) is 56.1 Å². The third-order valence-corrected chi connectivity index (χ3v) is 6.57. The molecule has 0 unspecified atom stereocenters. The summed E-state index contributed by atoms with van der Waals surface area (Å²) in [5.74, 6) is -0.852. The van der Waals surface area contributed by atoms with Crippen LogP contribution < -0.4 is 10.6 Å². The van der Waals surface area contributed by atoms with Crippen LogP contribution in [0.2, 0.25) is 5.02 Å². The van der Waals surface area contributed by atoms with E-state index in [9.17, 15) is 14.4 Å². The van der Waals surface area contributed by atoms with E-state index in [2.05, 4.69) is 15.6 Å². The van der Waals surface area contributed by atoms with Crippen LogP contribution in [0, 0.1) is 0 Å². The topological polar surface area (TPSA) is 106 Å². The summed E-state index contributed by atoms with van der Waals surface area (Å²) in [6, 6.07) is 14.2. The number of hydrogen-bond donors (Lipinski definition) is 2. The van der Waals surface area contributed by atoms with E-state index in [1.54, 1.807) is 18.3 Å². The van der Waals surface area contributed by atoms with Crippen molar-refractivity contribution >= 4 is 35.2 Å². The summed E-state index contributed by atoms with van der Waals surface area (Å²) in [6.07, 6.45) is 5.54. The number of carbonyl (C=O) groups excluding carboxylic acids is 3. The summed E-state index contributed by atoms with van der Waals surface area (Å²) < 4.78 is 6.99. The van der Waals surface area contributed by atoms with Crippen molar-refractivity contribution in [2.45, 2.75) is 45.4 Å². The smallest absolute Gasteiger partial charge is 0.355 e. The van der Waals surface area contributed by atoms with E-state index >= 15 is 0 Å². The zero-order chi connectivity index (χ0) is 26.9. The molecule has 1 aliphatic heterocycles. The quantitative estimate of drug-likeness (QED) is 0.377. The lowest BCUT2D eigenvalue weighted by Crippen LogP contribution is -2.46. The van der Waals surface area contributed by atoms with Gasteiger partial charge >= 0.3 is 5.97 Å². The van der Waals surface area contributed by atoms with Crippen LogP contribution in [0.3, 0.4) is 0 Å². The third kappa shape index (κ3) is 7.20. The second-order valence-corrected chi connectivity index (χ2v) is 9.63. The maximum Gasteiger partial charge on any atom is 0.355 e. The van der Waals surface area contributed by atoms with Gasteiger partial charge in [-0.2, -0.15) is 0 Å². The molecule has 2 aromatic heterocycles. The number of hydrogen-bond acceptors (Lipinski definition) is 6. The second kappa shape index (κ2) is 13.2. The van der Waals surface area contributed by atoms with Crippen LogP contribution in [0.5, 0.6) is 0 Å². The fraction of sp³-hybridized carbons (Fsp3) is 0.357. The zero-order valence-corrected chi connectivity index (χ0v) is 22.1. The number of aromatic nitrogens is 2. The molecule has 1 aromatic carbocycles. The number of benzene rings is 1. The standard InChI is InChI=1S/C28H32ClN5O4/c1-2-14-34(23-10-12-30-13-11-23)27(36)21-15-24(28(37)38-19-20-6-4-3-5-7-20)33(17-21)18-26(35)32-25-9-8-22(29)16-31-25/h3-9,15-17,23,30H,2,10-14,18-19H2,1H3,(H,31,32,35). The Morgan fingerprint density at radius 2 is 1.92 bits per heavy atom. The lowest BCUT2D eigenvalue weighted by atomic mass is 10.0. The molecular weight excluding hydrogens is 506 g/mol. The third-order valence-electron chi connectivity index (χ3n) is 6.35. The van der Waals surface area contributed by atoms with Crippen LogP contribution in [0.4, 0.5) is 5.82 Å². The van der Waals surface area contributed by atoms with Crippen molar-refractivity contribution in [2.24, 2.45) is 0 Å². The highest BCUT2D eigenvalue weighted by Crippen LogP contribution is 2.20. The van der Waals surface area contributed by atoms with Crippen molar-refractivity contribution in [3.63, 3.8) is 0 Å². The molecule has 200 valence electrons. The van der Waals surface area contributed by atoms with Crippen LogP contribution in [-0.4, -0.2) is 57.9 Å². The minimum atomic E-state index is -0.616. The van der Waals surface area contributed by atoms with Crippen molar-refractivity contribution in [1.29, 1.82) is 0 Å². The molecular formula is C28H32ClN5O4. The normalized spacial score (nSPS) is 13.6. The van der Waals surface area contributed by atoms with Gasteiger partial charge in [-0.15, -0.1) is 0 Å². The Balaban J connectivity index is 1.56. The Morgan fingerprint density at radius 3 is 2.61 bits per heavy atom. The molecule has 3 aromatic rings. The molecule has 0 spiro atoms. The molecule has 38 heavy (non-hydrogen) atoms. The van der Waals surface area contributed by atoms with E-state index in [-0.39, 0.29) is 30.8 Å². The fourth-order valence-electron chi connectivity index (χ4n) is 4.49. The molecule has 0 atom stereocenters. The van der Waals surface area contributed by atoms with Gasteiger partial charge in [-0.25, -0.2) is 9.78 Å². The van der Waals surface area contributed by atoms with Gasteiger partial charge in [0.25, 0.3) is 5.91 Å². The van der Waals surface area contributed by atoms with E-state index in [4.69, 9.17) is 16.3 Å². The molecule has 1 saturated heterocycles. The summed E-state index contributed by atoms with van der Waals surface area (Å²) in [5, 5.41) is 6.47. The molecule has 0 radical (unpaired) electrons. The fourth-order valence-corrected chi connectivity index (χ4v) is 4.60. The van der Waals surface area contributed by atoms with Gasteiger partial charge < -0.3 is 24.8 Å². The van der Waals surface area contributed by atoms with E-state index in [0.717, 1.165) is 37.9 Å². The highest BCUT2D eigenvalue weighted by atomic mass is 35.5. The monoisotopic (exact) mass is 537 g/mol. The number of anilines is 1. The van der Waals surface area contributed by atoms with Crippen molar-refractivity contribution in [3.05, 3.63) is 82.8 Å². The number of carbonyl (C=O) groups is 3. The predicted octanol–water partition coefficient (Wildman–Crippen LogP) is 4.14. The number of nitrogens with zero attached hydrogens (tertiary/aromatic N) is 3. The number of piperidine rings is 1. The summed E-state index contributed by atoms with van der Waals surface area (Å²) in [6.45, 7) is 4.24. The summed E-state index contributed by atoms with van der Waals surface area (Å²) in [7, 11) is 0. The van der Waals surface area contributed by atoms with Crippen molar-refractivity contribution in [2.75, 3.05) is 25.0 Å². The molecule has 2 amide bonds. The first kappa shape index (κ1) is 27.3. The number of pyridine rings is 1. The Kier molecular flexibility index (Phi) is 9.51. The number of halogens is 1. The first-order valence-corrected chi connectivity index (χ1v) is 13.2. The Labute approximate surface area is 227 Å². The van der Waals surface area contributed by atoms with Crippen molar-refractivity contribution < 1.29 is 19.1 Å². The van der Waals surface area contributed by atoms with Crippen LogP contribution in [0.1, 0.15) is 52.6 Å². The summed E-state index contributed by atoms with van der Waals surface area (Å²) >= 11 is 5.87. The molecule has 9 nitrogen and oxygen atoms in total. The second-order valence-electron chi connectivity index (χ2n) is 9.19. The molecule has 0 saturated carbocycles. The van der Waals surface area contributed by atoms with Crippen LogP contribution in [-0.2, 0) is 22.7 Å². The first-order valence-electron chi connectivity index (χ1n) is 12.8. The molecule has 1 aliphatic rings. The largest absolute Gasteiger partial charge is 0.456 e. The van der Waals surface area contributed by atoms with Crippen molar-refractivity contribution in [1.82, 2.24) is 19.8 Å². The van der Waals surface area contributed by atoms with E-state index < -0.39 is 11.9 Å². The Bertz CT molecular complexity index is 1240. The van der Waals surface area contributed by atoms with Gasteiger partial charge in [0.1, 0.15) is 24.7 Å². The van der Waals surface area contributed by atoms with Crippen LogP contribution in [0.15, 0.2) is 60.9 Å². The molecule has 0 bridgehead atoms. The van der Waals surface area contributed by atoms with Crippen LogP contribution in [0.25, 0.3) is 0 Å². The van der Waals surface area contributed by atoms with Crippen LogP contribution >= 0.6 is 11.6 Å². The van der Waals surface area contributed by atoms with Gasteiger partial charge in [-0.3, -0.25) is 9.59 Å². The van der Waals surface area contributed by atoms with E-state index in [0.29, 0.717) is 22.9 Å². The van der Waals surface area contributed by atoms with Gasteiger partial charge in [0.05, 0.1) is 10.6 Å². The highest BCUT2D eigenvalue weighted by molar-refractivity contribution is 6.30. The number of ether oxygens (including phenoxy) is 1. The number of rotatable bonds is 10. The first-order chi connectivity index (χ1) is 18.4. The molecule has 1 fully saturated rings. The summed E-state index contributed by atoms with van der Waals surface area (Å²) in [5.41, 5.74) is 1.31. The molecule has 4 rings (SSSR count). The molecule has 10 heteroatoms. The molecule has 0 aliphatic carbocycles. The predicted molar refractivity (Wildman–Crippen MR) is 145 cm³/mol. The maximum atomic E-state index is 13.6. The minimum Gasteiger partial charge on any atom is -0.456 e. The molecule has 3 heterocycles. The molecule has 2 N–H and O–H groups in total. The average molecular weight is 538 g/mol. The number of amides is 2. The lowest BCUT2D eigenvalue weighted by molar-refractivity contribution is -0.116. The van der Waals surface area contributed by atoms with Gasteiger partial charge in [0.15, 0.2) is 0 Å².